The number of ether oxygens (including phenoxy) is 1. The monoisotopic (exact) mass is 404 g/mol. The second-order valence-corrected chi connectivity index (χ2v) is 8.40. The van der Waals surface area contributed by atoms with Crippen LogP contribution in [0, 0.1) is 11.3 Å². The number of fused-ring (bicyclic) bond motifs is 1. The Morgan fingerprint density at radius 3 is 2.71 bits per heavy atom. The summed E-state index contributed by atoms with van der Waals surface area (Å²) in [7, 11) is 0. The van der Waals surface area contributed by atoms with Gasteiger partial charge in [-0.25, -0.2) is 9.78 Å². The van der Waals surface area contributed by atoms with E-state index in [9.17, 15) is 14.7 Å². The minimum Gasteiger partial charge on any atom is -0.492 e. The molecule has 1 aliphatic carbocycles. The summed E-state index contributed by atoms with van der Waals surface area (Å²) in [6.45, 7) is 6.06. The van der Waals surface area contributed by atoms with Gasteiger partial charge in [-0.1, -0.05) is 38.4 Å². The van der Waals surface area contributed by atoms with Crippen molar-refractivity contribution in [1.29, 1.82) is 0 Å². The Kier molecular flexibility index (Phi) is 5.79. The topological polar surface area (TPSA) is 88.5 Å². The molecule has 0 saturated heterocycles. The van der Waals surface area contributed by atoms with Crippen LogP contribution in [0.3, 0.4) is 0 Å². The Hall–Kier alpha value is -2.34. The van der Waals surface area contributed by atoms with Crippen molar-refractivity contribution in [2.45, 2.75) is 46.1 Å². The average molecular weight is 405 g/mol. The molecule has 1 aromatic heterocycles. The standard InChI is InChI=1S/C21H25ClN2O4/c1-4-21(2,3)18(20(26)27)24-19(25)14-8-7-13-10-23-16(22)9-15(13)17(14)28-11-12-5-6-12/h7-10,12,18H,4-6,11H2,1-3H3,(H,24,25)(H,26,27)/t18-/m1/s1. The van der Waals surface area contributed by atoms with Gasteiger partial charge in [0.05, 0.1) is 12.2 Å². The summed E-state index contributed by atoms with van der Waals surface area (Å²) in [4.78, 5) is 28.9. The molecule has 28 heavy (non-hydrogen) atoms. The van der Waals surface area contributed by atoms with Gasteiger partial charge < -0.3 is 15.2 Å². The molecule has 0 radical (unpaired) electrons. The van der Waals surface area contributed by atoms with Gasteiger partial charge in [-0.2, -0.15) is 0 Å². The van der Waals surface area contributed by atoms with Gasteiger partial charge in [-0.05, 0) is 42.7 Å². The number of benzene rings is 1. The van der Waals surface area contributed by atoms with Crippen molar-refractivity contribution in [3.8, 4) is 5.75 Å². The zero-order valence-corrected chi connectivity index (χ0v) is 17.0. The van der Waals surface area contributed by atoms with E-state index in [1.807, 2.05) is 20.8 Å². The van der Waals surface area contributed by atoms with E-state index in [1.54, 1.807) is 24.4 Å². The van der Waals surface area contributed by atoms with Crippen LogP contribution in [0.25, 0.3) is 10.8 Å². The molecule has 1 amide bonds. The molecular weight excluding hydrogens is 380 g/mol. The van der Waals surface area contributed by atoms with Crippen LogP contribution in [0.4, 0.5) is 0 Å². The third-order valence-corrected chi connectivity index (χ3v) is 5.65. The molecular formula is C21H25ClN2O4. The lowest BCUT2D eigenvalue weighted by molar-refractivity contribution is -0.142. The van der Waals surface area contributed by atoms with E-state index >= 15 is 0 Å². The van der Waals surface area contributed by atoms with E-state index in [-0.39, 0.29) is 0 Å². The van der Waals surface area contributed by atoms with Crippen LogP contribution in [0.2, 0.25) is 5.15 Å². The Balaban J connectivity index is 1.98. The Labute approximate surface area is 169 Å². The summed E-state index contributed by atoms with van der Waals surface area (Å²) in [5.74, 6) is -0.623. The van der Waals surface area contributed by atoms with Crippen molar-refractivity contribution < 1.29 is 19.4 Å². The van der Waals surface area contributed by atoms with Crippen molar-refractivity contribution in [1.82, 2.24) is 10.3 Å². The molecule has 1 aromatic carbocycles. The van der Waals surface area contributed by atoms with Crippen LogP contribution in [0.1, 0.15) is 50.4 Å². The maximum atomic E-state index is 13.0. The zero-order valence-electron chi connectivity index (χ0n) is 16.3. The number of amides is 1. The number of carbonyl (C=O) groups is 2. The molecule has 1 saturated carbocycles. The third-order valence-electron chi connectivity index (χ3n) is 5.44. The summed E-state index contributed by atoms with van der Waals surface area (Å²) in [5, 5.41) is 14.1. The van der Waals surface area contributed by atoms with Gasteiger partial charge in [-0.15, -0.1) is 0 Å². The quantitative estimate of drug-likeness (QED) is 0.640. The lowest BCUT2D eigenvalue weighted by Gasteiger charge is -2.31. The van der Waals surface area contributed by atoms with Crippen LogP contribution in [-0.4, -0.2) is 34.6 Å². The van der Waals surface area contributed by atoms with Crippen molar-refractivity contribution in [3.05, 3.63) is 35.1 Å². The molecule has 1 heterocycles. The zero-order chi connectivity index (χ0) is 20.5. The highest BCUT2D eigenvalue weighted by Gasteiger charge is 2.36. The van der Waals surface area contributed by atoms with Crippen molar-refractivity contribution >= 4 is 34.2 Å². The van der Waals surface area contributed by atoms with E-state index in [0.717, 1.165) is 18.2 Å². The number of carbonyl (C=O) groups excluding carboxylic acids is 1. The number of nitrogens with zero attached hydrogens (tertiary/aromatic N) is 1. The van der Waals surface area contributed by atoms with Gasteiger partial charge in [-0.3, -0.25) is 4.79 Å². The third kappa shape index (κ3) is 4.38. The molecule has 0 unspecified atom stereocenters. The number of pyridine rings is 1. The molecule has 6 nitrogen and oxygen atoms in total. The van der Waals surface area contributed by atoms with Crippen molar-refractivity contribution in [3.63, 3.8) is 0 Å². The fourth-order valence-electron chi connectivity index (χ4n) is 2.99. The molecule has 3 rings (SSSR count). The first-order chi connectivity index (χ1) is 13.2. The average Bonchev–Trinajstić information content (AvgIpc) is 3.47. The lowest BCUT2D eigenvalue weighted by atomic mass is 9.81. The molecule has 0 aliphatic heterocycles. The SMILES string of the molecule is CCC(C)(C)[C@H](NC(=O)c1ccc2cnc(Cl)cc2c1OCC1CC1)C(=O)O. The maximum Gasteiger partial charge on any atom is 0.326 e. The number of hydrogen-bond donors (Lipinski definition) is 2. The number of aromatic nitrogens is 1. The van der Waals surface area contributed by atoms with Crippen LogP contribution in [-0.2, 0) is 4.79 Å². The number of halogens is 1. The minimum atomic E-state index is -1.06. The number of rotatable bonds is 8. The first kappa shape index (κ1) is 20.4. The summed E-state index contributed by atoms with van der Waals surface area (Å²) in [6, 6.07) is 4.06. The molecule has 0 bridgehead atoms. The van der Waals surface area contributed by atoms with Crippen LogP contribution >= 0.6 is 11.6 Å². The summed E-state index contributed by atoms with van der Waals surface area (Å²) >= 11 is 6.06. The summed E-state index contributed by atoms with van der Waals surface area (Å²) in [5.41, 5.74) is -0.297. The molecule has 7 heteroatoms. The van der Waals surface area contributed by atoms with E-state index in [4.69, 9.17) is 16.3 Å². The van der Waals surface area contributed by atoms with E-state index in [2.05, 4.69) is 10.3 Å². The summed E-state index contributed by atoms with van der Waals surface area (Å²) in [6.07, 6.45) is 4.46. The number of carboxylic acid groups (broad SMARTS) is 1. The second-order valence-electron chi connectivity index (χ2n) is 8.01. The largest absolute Gasteiger partial charge is 0.492 e. The number of carboxylic acids is 1. The fourth-order valence-corrected chi connectivity index (χ4v) is 3.15. The summed E-state index contributed by atoms with van der Waals surface area (Å²) < 4.78 is 6.01. The van der Waals surface area contributed by atoms with Gasteiger partial charge in [0.25, 0.3) is 5.91 Å². The van der Waals surface area contributed by atoms with Crippen LogP contribution in [0.5, 0.6) is 5.75 Å². The first-order valence-corrected chi connectivity index (χ1v) is 9.85. The maximum absolute atomic E-state index is 13.0. The second kappa shape index (κ2) is 7.95. The normalized spacial score (nSPS) is 15.3. The van der Waals surface area contributed by atoms with E-state index < -0.39 is 23.3 Å². The first-order valence-electron chi connectivity index (χ1n) is 9.47. The van der Waals surface area contributed by atoms with Gasteiger partial charge >= 0.3 is 5.97 Å². The van der Waals surface area contributed by atoms with Crippen LogP contribution in [0.15, 0.2) is 24.4 Å². The highest BCUT2D eigenvalue weighted by molar-refractivity contribution is 6.30. The van der Waals surface area contributed by atoms with Gasteiger partial charge in [0.15, 0.2) is 0 Å². The van der Waals surface area contributed by atoms with Crippen molar-refractivity contribution in [2.75, 3.05) is 6.61 Å². The molecule has 1 atom stereocenters. The number of nitrogens with one attached hydrogen (secondary N) is 1. The lowest BCUT2D eigenvalue weighted by Crippen LogP contribution is -2.50. The fraction of sp³-hybridized carbons (Fsp3) is 0.476. The van der Waals surface area contributed by atoms with Crippen LogP contribution < -0.4 is 10.1 Å². The van der Waals surface area contributed by atoms with Gasteiger partial charge in [0, 0.05) is 17.0 Å². The van der Waals surface area contributed by atoms with Gasteiger partial charge in [0.1, 0.15) is 16.9 Å². The molecule has 0 spiro atoms. The van der Waals surface area contributed by atoms with E-state index in [0.29, 0.717) is 40.8 Å². The Morgan fingerprint density at radius 2 is 2.11 bits per heavy atom. The molecule has 150 valence electrons. The minimum absolute atomic E-state index is 0.300. The molecule has 2 aromatic rings. The predicted molar refractivity (Wildman–Crippen MR) is 108 cm³/mol. The Bertz CT molecular complexity index is 909. The van der Waals surface area contributed by atoms with E-state index in [1.165, 1.54) is 0 Å². The number of aliphatic carboxylic acids is 1. The Morgan fingerprint density at radius 1 is 1.39 bits per heavy atom. The smallest absolute Gasteiger partial charge is 0.326 e. The highest BCUT2D eigenvalue weighted by atomic mass is 35.5. The molecule has 1 aliphatic rings. The predicted octanol–water partition coefficient (Wildman–Crippen LogP) is 4.30. The number of hydrogen-bond acceptors (Lipinski definition) is 4. The van der Waals surface area contributed by atoms with Gasteiger partial charge in [0.2, 0.25) is 0 Å². The van der Waals surface area contributed by atoms with Crippen molar-refractivity contribution in [2.24, 2.45) is 11.3 Å². The molecule has 2 N–H and O–H groups in total. The molecule has 1 fully saturated rings. The highest BCUT2D eigenvalue weighted by Crippen LogP contribution is 2.35.